The molecule has 4 aliphatic rings. The highest BCUT2D eigenvalue weighted by molar-refractivity contribution is 5.90. The molecule has 1 unspecified atom stereocenters. The Balaban J connectivity index is 1.21. The molecule has 0 radical (unpaired) electrons. The Bertz CT molecular complexity index is 1490. The first-order chi connectivity index (χ1) is 21.5. The van der Waals surface area contributed by atoms with Gasteiger partial charge in [-0.2, -0.15) is 0 Å². The van der Waals surface area contributed by atoms with Gasteiger partial charge in [0.2, 0.25) is 11.8 Å². The standard InChI is InChI=1S/C38H46N2O5/c1-36(2)31(27-12-14-28(15-13-27)34(42)43)16-18-37(3)26-40(21-17-32(36)37)35(44)38(29-9-5-4-6-10-29)19-22-39(23-20-38)33(41)25-30-11-7-8-24-45-30/h4-6,9-10,12-17,30H,7-8,11,18-26H2,1-3H3,(H,42,43)/t30?,37-/m1/s1. The number of fused-ring (bicyclic) bond motifs is 1. The second-order valence-electron chi connectivity index (χ2n) is 14.2. The van der Waals surface area contributed by atoms with E-state index in [4.69, 9.17) is 4.74 Å². The van der Waals surface area contributed by atoms with Crippen molar-refractivity contribution in [1.29, 1.82) is 0 Å². The van der Waals surface area contributed by atoms with Gasteiger partial charge in [-0.3, -0.25) is 9.59 Å². The molecule has 3 aliphatic heterocycles. The van der Waals surface area contributed by atoms with Crippen molar-refractivity contribution in [2.75, 3.05) is 32.8 Å². The zero-order chi connectivity index (χ0) is 31.8. The highest BCUT2D eigenvalue weighted by Crippen LogP contribution is 2.55. The summed E-state index contributed by atoms with van der Waals surface area (Å²) in [6.07, 6.45) is 10.1. The lowest BCUT2D eigenvalue weighted by molar-refractivity contribution is -0.145. The predicted molar refractivity (Wildman–Crippen MR) is 175 cm³/mol. The average Bonchev–Trinajstić information content (AvgIpc) is 3.05. The van der Waals surface area contributed by atoms with E-state index in [1.165, 1.54) is 11.1 Å². The normalized spacial score (nSPS) is 25.9. The van der Waals surface area contributed by atoms with Gasteiger partial charge in [-0.1, -0.05) is 81.0 Å². The molecule has 2 fully saturated rings. The summed E-state index contributed by atoms with van der Waals surface area (Å²) < 4.78 is 5.84. The average molecular weight is 611 g/mol. The van der Waals surface area contributed by atoms with Crippen LogP contribution in [0.1, 0.15) is 87.2 Å². The Morgan fingerprint density at radius 3 is 2.27 bits per heavy atom. The van der Waals surface area contributed by atoms with Crippen LogP contribution in [0.2, 0.25) is 0 Å². The number of rotatable bonds is 6. The third-order valence-corrected chi connectivity index (χ3v) is 10.9. The monoisotopic (exact) mass is 610 g/mol. The Morgan fingerprint density at radius 2 is 1.62 bits per heavy atom. The summed E-state index contributed by atoms with van der Waals surface area (Å²) in [5.41, 5.74) is 3.73. The fraction of sp³-hybridized carbons (Fsp3) is 0.500. The number of hydrogen-bond donors (Lipinski definition) is 1. The zero-order valence-electron chi connectivity index (χ0n) is 26.9. The number of carboxylic acids is 1. The Labute approximate surface area is 266 Å². The maximum atomic E-state index is 14.7. The number of carbonyl (C=O) groups excluding carboxylic acids is 2. The van der Waals surface area contributed by atoms with Crippen LogP contribution >= 0.6 is 0 Å². The molecule has 0 spiro atoms. The molecular weight excluding hydrogens is 564 g/mol. The van der Waals surface area contributed by atoms with Gasteiger partial charge in [-0.25, -0.2) is 4.79 Å². The number of likely N-dealkylation sites (tertiary alicyclic amines) is 1. The van der Waals surface area contributed by atoms with Crippen molar-refractivity contribution in [2.45, 2.75) is 77.2 Å². The number of nitrogens with zero attached hydrogens (tertiary/aromatic N) is 2. The molecule has 6 rings (SSSR count). The van der Waals surface area contributed by atoms with E-state index >= 15 is 0 Å². The minimum absolute atomic E-state index is 0.0159. The van der Waals surface area contributed by atoms with Gasteiger partial charge < -0.3 is 19.6 Å². The summed E-state index contributed by atoms with van der Waals surface area (Å²) in [6.45, 7) is 9.81. The molecule has 3 heterocycles. The van der Waals surface area contributed by atoms with Gasteiger partial charge in [0.1, 0.15) is 0 Å². The van der Waals surface area contributed by atoms with Gasteiger partial charge in [-0.15, -0.1) is 0 Å². The number of aromatic carboxylic acids is 1. The molecule has 1 aliphatic carbocycles. The number of hydrogen-bond acceptors (Lipinski definition) is 4. The lowest BCUT2D eigenvalue weighted by Gasteiger charge is -2.52. The van der Waals surface area contributed by atoms with E-state index in [2.05, 4.69) is 50.0 Å². The zero-order valence-corrected chi connectivity index (χ0v) is 26.9. The predicted octanol–water partition coefficient (Wildman–Crippen LogP) is 6.49. The van der Waals surface area contributed by atoms with Crippen LogP contribution in [-0.2, 0) is 19.7 Å². The van der Waals surface area contributed by atoms with Crippen LogP contribution in [0.3, 0.4) is 0 Å². The third kappa shape index (κ3) is 5.87. The summed E-state index contributed by atoms with van der Waals surface area (Å²) in [5.74, 6) is -0.631. The molecule has 2 amide bonds. The van der Waals surface area contributed by atoms with E-state index in [1.807, 2.05) is 35.2 Å². The van der Waals surface area contributed by atoms with Gasteiger partial charge in [0, 0.05) is 43.6 Å². The minimum atomic E-state index is -0.926. The lowest BCUT2D eigenvalue weighted by atomic mass is 9.58. The molecule has 2 aromatic rings. The fourth-order valence-corrected chi connectivity index (χ4v) is 8.47. The number of carbonyl (C=O) groups is 3. The smallest absolute Gasteiger partial charge is 0.335 e. The molecule has 2 atom stereocenters. The van der Waals surface area contributed by atoms with Crippen LogP contribution in [0.25, 0.3) is 5.57 Å². The van der Waals surface area contributed by atoms with Crippen LogP contribution in [-0.4, -0.2) is 71.6 Å². The van der Waals surface area contributed by atoms with Crippen molar-refractivity contribution in [3.05, 3.63) is 89.0 Å². The first-order valence-electron chi connectivity index (χ1n) is 16.5. The summed E-state index contributed by atoms with van der Waals surface area (Å²) in [6, 6.07) is 17.3. The van der Waals surface area contributed by atoms with Gasteiger partial charge in [-0.05, 0) is 67.4 Å². The van der Waals surface area contributed by atoms with E-state index in [0.717, 1.165) is 43.4 Å². The second kappa shape index (κ2) is 12.2. The molecule has 0 saturated carbocycles. The SMILES string of the molecule is CC1(C)C(c2ccc(C(=O)O)cc2)=CC[C@]2(C)CN(C(=O)C3(c4ccccc4)CCN(C(=O)CC4CCCCO4)CC3)CC=C12. The number of carboxylic acid groups (broad SMARTS) is 1. The van der Waals surface area contributed by atoms with Gasteiger partial charge in [0.25, 0.3) is 0 Å². The quantitative estimate of drug-likeness (QED) is 0.378. The number of amides is 2. The first kappa shape index (κ1) is 31.3. The van der Waals surface area contributed by atoms with E-state index < -0.39 is 11.4 Å². The van der Waals surface area contributed by atoms with Crippen LogP contribution < -0.4 is 0 Å². The number of benzene rings is 2. The van der Waals surface area contributed by atoms with Gasteiger partial charge in [0.05, 0.1) is 23.5 Å². The van der Waals surface area contributed by atoms with E-state index in [1.54, 1.807) is 12.1 Å². The largest absolute Gasteiger partial charge is 0.478 e. The van der Waals surface area contributed by atoms with Crippen LogP contribution in [0, 0.1) is 10.8 Å². The highest BCUT2D eigenvalue weighted by Gasteiger charge is 2.51. The van der Waals surface area contributed by atoms with Crippen molar-refractivity contribution in [3.8, 4) is 0 Å². The molecular formula is C38H46N2O5. The number of piperidine rings is 1. The maximum absolute atomic E-state index is 14.7. The highest BCUT2D eigenvalue weighted by atomic mass is 16.5. The molecule has 0 bridgehead atoms. The summed E-state index contributed by atoms with van der Waals surface area (Å²) in [7, 11) is 0. The van der Waals surface area contributed by atoms with E-state index in [-0.39, 0.29) is 34.3 Å². The van der Waals surface area contributed by atoms with Gasteiger partial charge >= 0.3 is 5.97 Å². The van der Waals surface area contributed by atoms with Crippen molar-refractivity contribution in [2.24, 2.45) is 10.8 Å². The first-order valence-corrected chi connectivity index (χ1v) is 16.5. The topological polar surface area (TPSA) is 87.2 Å². The molecule has 2 aromatic carbocycles. The molecule has 7 nitrogen and oxygen atoms in total. The number of allylic oxidation sites excluding steroid dienone is 2. The summed E-state index contributed by atoms with van der Waals surface area (Å²) >= 11 is 0. The molecule has 1 N–H and O–H groups in total. The van der Waals surface area contributed by atoms with Crippen molar-refractivity contribution >= 4 is 23.4 Å². The Kier molecular flexibility index (Phi) is 8.51. The maximum Gasteiger partial charge on any atom is 0.335 e. The third-order valence-electron chi connectivity index (χ3n) is 10.9. The van der Waals surface area contributed by atoms with Crippen molar-refractivity contribution < 1.29 is 24.2 Å². The second-order valence-corrected chi connectivity index (χ2v) is 14.2. The molecule has 238 valence electrons. The van der Waals surface area contributed by atoms with Crippen molar-refractivity contribution in [3.63, 3.8) is 0 Å². The van der Waals surface area contributed by atoms with Gasteiger partial charge in [0.15, 0.2) is 0 Å². The Hall–Kier alpha value is -3.71. The molecule has 45 heavy (non-hydrogen) atoms. The molecule has 2 saturated heterocycles. The number of ether oxygens (including phenoxy) is 1. The van der Waals surface area contributed by atoms with Crippen LogP contribution in [0.4, 0.5) is 0 Å². The van der Waals surface area contributed by atoms with E-state index in [9.17, 15) is 19.5 Å². The summed E-state index contributed by atoms with van der Waals surface area (Å²) in [4.78, 5) is 43.4. The van der Waals surface area contributed by atoms with E-state index in [0.29, 0.717) is 45.4 Å². The van der Waals surface area contributed by atoms with Crippen molar-refractivity contribution in [1.82, 2.24) is 9.80 Å². The lowest BCUT2D eigenvalue weighted by Crippen LogP contribution is -2.57. The minimum Gasteiger partial charge on any atom is -0.478 e. The van der Waals surface area contributed by atoms with Crippen LogP contribution in [0.5, 0.6) is 0 Å². The molecule has 0 aromatic heterocycles. The van der Waals surface area contributed by atoms with Crippen LogP contribution in [0.15, 0.2) is 72.3 Å². The molecule has 7 heteroatoms. The fourth-order valence-electron chi connectivity index (χ4n) is 8.47. The summed E-state index contributed by atoms with van der Waals surface area (Å²) in [5, 5.41) is 9.35. The Morgan fingerprint density at radius 1 is 0.911 bits per heavy atom.